The highest BCUT2D eigenvalue weighted by Crippen LogP contribution is 2.18. The van der Waals surface area contributed by atoms with E-state index in [9.17, 15) is 4.39 Å². The van der Waals surface area contributed by atoms with Crippen LogP contribution in [0.4, 0.5) is 4.39 Å². The number of halogens is 1. The molecular formula is C14H21FN4. The van der Waals surface area contributed by atoms with Gasteiger partial charge in [-0.25, -0.2) is 4.39 Å². The predicted octanol–water partition coefficient (Wildman–Crippen LogP) is 0.700. The Morgan fingerprint density at radius 2 is 2.11 bits per heavy atom. The van der Waals surface area contributed by atoms with E-state index >= 15 is 0 Å². The summed E-state index contributed by atoms with van der Waals surface area (Å²) in [7, 11) is 0. The molecule has 0 aromatic carbocycles. The Morgan fingerprint density at radius 3 is 2.89 bits per heavy atom. The second-order valence-electron chi connectivity index (χ2n) is 5.47. The molecule has 0 saturated carbocycles. The molecule has 3 rings (SSSR count). The van der Waals surface area contributed by atoms with Crippen LogP contribution in [-0.2, 0) is 6.54 Å². The van der Waals surface area contributed by atoms with Gasteiger partial charge in [-0.05, 0) is 18.1 Å². The zero-order valence-electron chi connectivity index (χ0n) is 11.2. The summed E-state index contributed by atoms with van der Waals surface area (Å²) in [5.74, 6) is -0.240. The molecule has 0 amide bonds. The van der Waals surface area contributed by atoms with Crippen molar-refractivity contribution in [1.29, 1.82) is 0 Å². The first-order chi connectivity index (χ1) is 9.31. The molecule has 1 aromatic heterocycles. The van der Waals surface area contributed by atoms with E-state index in [1.165, 1.54) is 12.6 Å². The first kappa shape index (κ1) is 13.0. The summed E-state index contributed by atoms with van der Waals surface area (Å²) in [5, 5.41) is 3.39. The van der Waals surface area contributed by atoms with Crippen molar-refractivity contribution in [1.82, 2.24) is 20.1 Å². The van der Waals surface area contributed by atoms with Crippen LogP contribution in [0, 0.1) is 5.82 Å². The van der Waals surface area contributed by atoms with Crippen LogP contribution in [0.3, 0.4) is 0 Å². The smallest absolute Gasteiger partial charge is 0.141 e. The summed E-state index contributed by atoms with van der Waals surface area (Å²) in [5.41, 5.74) is 0.973. The number of nitrogens with one attached hydrogen (secondary N) is 1. The van der Waals surface area contributed by atoms with Gasteiger partial charge >= 0.3 is 0 Å². The fourth-order valence-electron chi connectivity index (χ4n) is 3.10. The molecule has 1 aromatic rings. The van der Waals surface area contributed by atoms with Gasteiger partial charge in [-0.3, -0.25) is 14.8 Å². The Morgan fingerprint density at radius 1 is 1.26 bits per heavy atom. The first-order valence-corrected chi connectivity index (χ1v) is 7.08. The predicted molar refractivity (Wildman–Crippen MR) is 72.3 cm³/mol. The van der Waals surface area contributed by atoms with Gasteiger partial charge in [0.15, 0.2) is 0 Å². The lowest BCUT2D eigenvalue weighted by molar-refractivity contribution is 0.170. The van der Waals surface area contributed by atoms with Crippen molar-refractivity contribution in [2.75, 3.05) is 39.3 Å². The first-order valence-electron chi connectivity index (χ1n) is 7.08. The van der Waals surface area contributed by atoms with Crippen molar-refractivity contribution >= 4 is 0 Å². The van der Waals surface area contributed by atoms with E-state index in [1.54, 1.807) is 12.3 Å². The van der Waals surface area contributed by atoms with Crippen molar-refractivity contribution in [3.8, 4) is 0 Å². The Hall–Kier alpha value is -1.04. The fraction of sp³-hybridized carbons (Fsp3) is 0.643. The highest BCUT2D eigenvalue weighted by Gasteiger charge is 2.28. The Balaban J connectivity index is 1.54. The van der Waals surface area contributed by atoms with Crippen molar-refractivity contribution in [2.24, 2.45) is 0 Å². The topological polar surface area (TPSA) is 31.4 Å². The standard InChI is InChI=1S/C14H21FN4/c15-13-7-12(8-17-9-13)10-18-4-1-14(11-18)19-5-2-16-3-6-19/h7-9,14,16H,1-6,10-11H2. The van der Waals surface area contributed by atoms with Gasteiger partial charge in [0.05, 0.1) is 6.20 Å². The van der Waals surface area contributed by atoms with Crippen molar-refractivity contribution in [3.63, 3.8) is 0 Å². The normalized spacial score (nSPS) is 25.8. The molecule has 104 valence electrons. The molecule has 1 unspecified atom stereocenters. The minimum atomic E-state index is -0.240. The molecule has 0 aliphatic carbocycles. The second-order valence-corrected chi connectivity index (χ2v) is 5.47. The van der Waals surface area contributed by atoms with E-state index in [0.29, 0.717) is 6.04 Å². The average molecular weight is 264 g/mol. The summed E-state index contributed by atoms with van der Waals surface area (Å²) in [6.07, 6.45) is 4.25. The van der Waals surface area contributed by atoms with Crippen LogP contribution in [0.15, 0.2) is 18.5 Å². The summed E-state index contributed by atoms with van der Waals surface area (Å²) in [4.78, 5) is 8.90. The number of hydrogen-bond acceptors (Lipinski definition) is 4. The Kier molecular flexibility index (Phi) is 4.06. The van der Waals surface area contributed by atoms with E-state index < -0.39 is 0 Å². The van der Waals surface area contributed by atoms with Gasteiger partial charge in [0.1, 0.15) is 5.82 Å². The quantitative estimate of drug-likeness (QED) is 0.871. The average Bonchev–Trinajstić information content (AvgIpc) is 2.88. The summed E-state index contributed by atoms with van der Waals surface area (Å²) >= 11 is 0. The third kappa shape index (κ3) is 3.29. The van der Waals surface area contributed by atoms with Crippen LogP contribution < -0.4 is 5.32 Å². The maximum atomic E-state index is 13.1. The molecule has 5 heteroatoms. The Labute approximate surface area is 113 Å². The van der Waals surface area contributed by atoms with E-state index in [-0.39, 0.29) is 5.82 Å². The molecule has 2 aliphatic rings. The zero-order chi connectivity index (χ0) is 13.1. The largest absolute Gasteiger partial charge is 0.314 e. The monoisotopic (exact) mass is 264 g/mol. The molecule has 2 saturated heterocycles. The molecular weight excluding hydrogens is 243 g/mol. The van der Waals surface area contributed by atoms with E-state index in [0.717, 1.165) is 51.4 Å². The summed E-state index contributed by atoms with van der Waals surface area (Å²) in [6.45, 7) is 7.52. The van der Waals surface area contributed by atoms with Gasteiger partial charge < -0.3 is 5.32 Å². The van der Waals surface area contributed by atoms with Gasteiger partial charge in [-0.2, -0.15) is 0 Å². The minimum absolute atomic E-state index is 0.240. The highest BCUT2D eigenvalue weighted by molar-refractivity contribution is 5.10. The third-order valence-corrected chi connectivity index (χ3v) is 4.08. The molecule has 2 aliphatic heterocycles. The molecule has 2 fully saturated rings. The number of nitrogens with zero attached hydrogens (tertiary/aromatic N) is 3. The fourth-order valence-corrected chi connectivity index (χ4v) is 3.10. The highest BCUT2D eigenvalue weighted by atomic mass is 19.1. The number of aromatic nitrogens is 1. The molecule has 0 spiro atoms. The second kappa shape index (κ2) is 5.94. The number of hydrogen-bond donors (Lipinski definition) is 1. The molecule has 1 N–H and O–H groups in total. The number of piperazine rings is 1. The molecule has 3 heterocycles. The van der Waals surface area contributed by atoms with Gasteiger partial charge in [0.2, 0.25) is 0 Å². The van der Waals surface area contributed by atoms with Crippen LogP contribution in [-0.4, -0.2) is 60.1 Å². The lowest BCUT2D eigenvalue weighted by Crippen LogP contribution is -2.49. The van der Waals surface area contributed by atoms with Gasteiger partial charge in [0.25, 0.3) is 0 Å². The van der Waals surface area contributed by atoms with Crippen LogP contribution in [0.5, 0.6) is 0 Å². The minimum Gasteiger partial charge on any atom is -0.314 e. The van der Waals surface area contributed by atoms with Crippen molar-refractivity contribution in [3.05, 3.63) is 29.8 Å². The Bertz CT molecular complexity index is 420. The van der Waals surface area contributed by atoms with Crippen LogP contribution >= 0.6 is 0 Å². The van der Waals surface area contributed by atoms with Crippen LogP contribution in [0.2, 0.25) is 0 Å². The zero-order valence-corrected chi connectivity index (χ0v) is 11.2. The maximum absolute atomic E-state index is 13.1. The van der Waals surface area contributed by atoms with Crippen LogP contribution in [0.1, 0.15) is 12.0 Å². The van der Waals surface area contributed by atoms with Gasteiger partial charge in [-0.1, -0.05) is 0 Å². The maximum Gasteiger partial charge on any atom is 0.141 e. The number of pyridine rings is 1. The summed E-state index contributed by atoms with van der Waals surface area (Å²) in [6, 6.07) is 2.26. The van der Waals surface area contributed by atoms with Gasteiger partial charge in [0, 0.05) is 58.1 Å². The summed E-state index contributed by atoms with van der Waals surface area (Å²) < 4.78 is 13.1. The van der Waals surface area contributed by atoms with E-state index in [2.05, 4.69) is 20.1 Å². The van der Waals surface area contributed by atoms with Crippen molar-refractivity contribution < 1.29 is 4.39 Å². The van der Waals surface area contributed by atoms with Crippen molar-refractivity contribution in [2.45, 2.75) is 19.0 Å². The lowest BCUT2D eigenvalue weighted by Gasteiger charge is -2.32. The third-order valence-electron chi connectivity index (χ3n) is 4.08. The molecule has 1 atom stereocenters. The number of likely N-dealkylation sites (tertiary alicyclic amines) is 1. The molecule has 0 bridgehead atoms. The lowest BCUT2D eigenvalue weighted by atomic mass is 10.2. The van der Waals surface area contributed by atoms with Gasteiger partial charge in [-0.15, -0.1) is 0 Å². The van der Waals surface area contributed by atoms with E-state index in [4.69, 9.17) is 0 Å². The SMILES string of the molecule is Fc1cncc(CN2CCC(N3CCNCC3)C2)c1. The number of rotatable bonds is 3. The molecule has 0 radical (unpaired) electrons. The van der Waals surface area contributed by atoms with Crippen LogP contribution in [0.25, 0.3) is 0 Å². The molecule has 19 heavy (non-hydrogen) atoms. The molecule has 4 nitrogen and oxygen atoms in total. The van der Waals surface area contributed by atoms with E-state index in [1.807, 2.05) is 0 Å².